The molecule has 0 unspecified atom stereocenters. The Morgan fingerprint density at radius 2 is 2.19 bits per heavy atom. The number of amides is 1. The first-order chi connectivity index (χ1) is 10.1. The van der Waals surface area contributed by atoms with Crippen molar-refractivity contribution in [1.29, 1.82) is 0 Å². The first-order valence-corrected chi connectivity index (χ1v) is 6.91. The third-order valence-corrected chi connectivity index (χ3v) is 3.00. The van der Waals surface area contributed by atoms with E-state index in [2.05, 4.69) is 10.4 Å². The average molecular weight is 288 g/mol. The summed E-state index contributed by atoms with van der Waals surface area (Å²) >= 11 is 0. The van der Waals surface area contributed by atoms with E-state index in [0.717, 1.165) is 5.69 Å². The summed E-state index contributed by atoms with van der Waals surface area (Å²) in [4.78, 5) is 12.1. The lowest BCUT2D eigenvalue weighted by Gasteiger charge is -2.10. The Kier molecular flexibility index (Phi) is 4.81. The molecule has 2 aromatic rings. The van der Waals surface area contributed by atoms with E-state index in [0.29, 0.717) is 36.8 Å². The second-order valence-corrected chi connectivity index (χ2v) is 4.63. The Hall–Kier alpha value is -2.50. The Morgan fingerprint density at radius 1 is 1.43 bits per heavy atom. The van der Waals surface area contributed by atoms with Crippen LogP contribution in [0.5, 0.6) is 5.75 Å². The lowest BCUT2D eigenvalue weighted by molar-refractivity contribution is 0.0936. The van der Waals surface area contributed by atoms with Gasteiger partial charge in [-0.3, -0.25) is 9.48 Å². The highest BCUT2D eigenvalue weighted by molar-refractivity contribution is 5.92. The number of benzene rings is 1. The van der Waals surface area contributed by atoms with Crippen molar-refractivity contribution in [2.75, 3.05) is 18.9 Å². The predicted octanol–water partition coefficient (Wildman–Crippen LogP) is 1.60. The number of carbonyl (C=O) groups is 1. The van der Waals surface area contributed by atoms with Gasteiger partial charge in [0, 0.05) is 6.54 Å². The molecular weight excluding hydrogens is 268 g/mol. The molecule has 0 fully saturated rings. The Morgan fingerprint density at radius 3 is 2.90 bits per heavy atom. The number of nitrogens with two attached hydrogens (primary N) is 1. The van der Waals surface area contributed by atoms with E-state index >= 15 is 0 Å². The molecule has 0 atom stereocenters. The van der Waals surface area contributed by atoms with Crippen LogP contribution in [0.3, 0.4) is 0 Å². The van der Waals surface area contributed by atoms with Crippen molar-refractivity contribution in [1.82, 2.24) is 15.1 Å². The van der Waals surface area contributed by atoms with Crippen molar-refractivity contribution in [2.24, 2.45) is 0 Å². The van der Waals surface area contributed by atoms with Crippen LogP contribution in [0.2, 0.25) is 0 Å². The van der Waals surface area contributed by atoms with Crippen LogP contribution in [0.15, 0.2) is 30.3 Å². The minimum absolute atomic E-state index is 0.151. The normalized spacial score (nSPS) is 10.4. The Balaban J connectivity index is 1.83. The van der Waals surface area contributed by atoms with Gasteiger partial charge in [0.25, 0.3) is 5.91 Å². The van der Waals surface area contributed by atoms with E-state index in [1.54, 1.807) is 22.9 Å². The molecule has 0 aliphatic carbocycles. The van der Waals surface area contributed by atoms with Crippen LogP contribution < -0.4 is 15.8 Å². The Bertz CT molecular complexity index is 622. The maximum Gasteiger partial charge on any atom is 0.269 e. The second-order valence-electron chi connectivity index (χ2n) is 4.63. The number of anilines is 1. The summed E-state index contributed by atoms with van der Waals surface area (Å²) in [5.41, 5.74) is 7.75. The predicted molar refractivity (Wildman–Crippen MR) is 81.3 cm³/mol. The van der Waals surface area contributed by atoms with Crippen LogP contribution in [0, 0.1) is 6.92 Å². The van der Waals surface area contributed by atoms with Gasteiger partial charge in [0.15, 0.2) is 0 Å². The van der Waals surface area contributed by atoms with E-state index in [4.69, 9.17) is 10.5 Å². The molecule has 3 N–H and O–H groups in total. The molecule has 2 rings (SSSR count). The monoisotopic (exact) mass is 288 g/mol. The first kappa shape index (κ1) is 14.9. The zero-order valence-corrected chi connectivity index (χ0v) is 12.3. The highest BCUT2D eigenvalue weighted by atomic mass is 16.5. The molecule has 1 heterocycles. The maximum absolute atomic E-state index is 12.1. The number of nitrogen functional groups attached to an aromatic ring is 1. The van der Waals surface area contributed by atoms with E-state index < -0.39 is 0 Å². The molecule has 1 amide bonds. The number of aromatic nitrogens is 2. The highest BCUT2D eigenvalue weighted by Gasteiger charge is 2.12. The molecule has 0 bridgehead atoms. The molecule has 0 spiro atoms. The molecule has 0 radical (unpaired) electrons. The highest BCUT2D eigenvalue weighted by Crippen LogP contribution is 2.19. The minimum Gasteiger partial charge on any atom is -0.490 e. The quantitative estimate of drug-likeness (QED) is 0.625. The maximum atomic E-state index is 12.1. The number of ether oxygens (including phenoxy) is 1. The molecular formula is C15H20N4O2. The fourth-order valence-electron chi connectivity index (χ4n) is 2.00. The molecule has 0 saturated heterocycles. The summed E-state index contributed by atoms with van der Waals surface area (Å²) in [7, 11) is 0. The van der Waals surface area contributed by atoms with Crippen LogP contribution in [0.25, 0.3) is 0 Å². The summed E-state index contributed by atoms with van der Waals surface area (Å²) in [5, 5.41) is 7.06. The molecule has 0 aliphatic heterocycles. The lowest BCUT2D eigenvalue weighted by Crippen LogP contribution is -2.30. The van der Waals surface area contributed by atoms with E-state index in [1.165, 1.54) is 0 Å². The van der Waals surface area contributed by atoms with Crippen LogP contribution in [-0.4, -0.2) is 28.8 Å². The van der Waals surface area contributed by atoms with Crippen molar-refractivity contribution >= 4 is 11.6 Å². The minimum atomic E-state index is -0.151. The number of para-hydroxylation sites is 2. The number of aryl methyl sites for hydroxylation is 2. The second kappa shape index (κ2) is 6.78. The van der Waals surface area contributed by atoms with Crippen molar-refractivity contribution in [3.8, 4) is 5.75 Å². The number of hydrogen-bond acceptors (Lipinski definition) is 4. The van der Waals surface area contributed by atoms with E-state index in [1.807, 2.05) is 26.0 Å². The Labute approximate surface area is 123 Å². The standard InChI is InChI=1S/C15H20N4O2/c1-3-19-13(10-11(2)18-19)15(20)17-8-9-21-14-7-5-4-6-12(14)16/h4-7,10H,3,8-9,16H2,1-2H3,(H,17,20). The number of carbonyl (C=O) groups excluding carboxylic acids is 1. The molecule has 112 valence electrons. The smallest absolute Gasteiger partial charge is 0.269 e. The number of nitrogens with zero attached hydrogens (tertiary/aromatic N) is 2. The summed E-state index contributed by atoms with van der Waals surface area (Å²) in [5.74, 6) is 0.475. The molecule has 1 aromatic carbocycles. The van der Waals surface area contributed by atoms with Gasteiger partial charge >= 0.3 is 0 Å². The fraction of sp³-hybridized carbons (Fsp3) is 0.333. The first-order valence-electron chi connectivity index (χ1n) is 6.91. The van der Waals surface area contributed by atoms with Crippen LogP contribution in [0.1, 0.15) is 23.1 Å². The molecule has 21 heavy (non-hydrogen) atoms. The summed E-state index contributed by atoms with van der Waals surface area (Å²) in [6, 6.07) is 9.04. The zero-order chi connectivity index (χ0) is 15.2. The topological polar surface area (TPSA) is 82.2 Å². The summed E-state index contributed by atoms with van der Waals surface area (Å²) < 4.78 is 7.20. The summed E-state index contributed by atoms with van der Waals surface area (Å²) in [6.45, 7) is 5.24. The number of nitrogens with one attached hydrogen (secondary N) is 1. The van der Waals surface area contributed by atoms with Gasteiger partial charge in [-0.15, -0.1) is 0 Å². The molecule has 1 aromatic heterocycles. The van der Waals surface area contributed by atoms with Crippen molar-refractivity contribution in [3.05, 3.63) is 41.7 Å². The summed E-state index contributed by atoms with van der Waals surface area (Å²) in [6.07, 6.45) is 0. The van der Waals surface area contributed by atoms with Gasteiger partial charge in [-0.05, 0) is 32.0 Å². The molecule has 0 aliphatic rings. The zero-order valence-electron chi connectivity index (χ0n) is 12.3. The molecule has 0 saturated carbocycles. The molecule has 6 nitrogen and oxygen atoms in total. The van der Waals surface area contributed by atoms with Gasteiger partial charge in [-0.2, -0.15) is 5.10 Å². The van der Waals surface area contributed by atoms with Crippen molar-refractivity contribution in [3.63, 3.8) is 0 Å². The van der Waals surface area contributed by atoms with Crippen LogP contribution in [-0.2, 0) is 6.54 Å². The number of rotatable bonds is 6. The van der Waals surface area contributed by atoms with Crippen LogP contribution in [0.4, 0.5) is 5.69 Å². The van der Waals surface area contributed by atoms with Gasteiger partial charge in [0.2, 0.25) is 0 Å². The van der Waals surface area contributed by atoms with Crippen molar-refractivity contribution < 1.29 is 9.53 Å². The van der Waals surface area contributed by atoms with E-state index in [9.17, 15) is 4.79 Å². The SMILES string of the molecule is CCn1nc(C)cc1C(=O)NCCOc1ccccc1N. The van der Waals surface area contributed by atoms with Gasteiger partial charge in [-0.1, -0.05) is 12.1 Å². The third-order valence-electron chi connectivity index (χ3n) is 3.00. The lowest BCUT2D eigenvalue weighted by atomic mass is 10.3. The van der Waals surface area contributed by atoms with Crippen molar-refractivity contribution in [2.45, 2.75) is 20.4 Å². The molecule has 6 heteroatoms. The van der Waals surface area contributed by atoms with Gasteiger partial charge < -0.3 is 15.8 Å². The van der Waals surface area contributed by atoms with E-state index in [-0.39, 0.29) is 5.91 Å². The van der Waals surface area contributed by atoms with Gasteiger partial charge in [0.05, 0.1) is 17.9 Å². The number of hydrogen-bond donors (Lipinski definition) is 2. The third kappa shape index (κ3) is 3.75. The largest absolute Gasteiger partial charge is 0.490 e. The average Bonchev–Trinajstić information content (AvgIpc) is 2.86. The van der Waals surface area contributed by atoms with Gasteiger partial charge in [-0.25, -0.2) is 0 Å². The van der Waals surface area contributed by atoms with Gasteiger partial charge in [0.1, 0.15) is 18.1 Å². The van der Waals surface area contributed by atoms with Crippen LogP contribution >= 0.6 is 0 Å². The fourth-order valence-corrected chi connectivity index (χ4v) is 2.00.